The average Bonchev–Trinajstić information content (AvgIpc) is 2.82. The summed E-state index contributed by atoms with van der Waals surface area (Å²) in [6.07, 6.45) is -0.244. The van der Waals surface area contributed by atoms with Crippen LogP contribution in [0.4, 0.5) is 4.79 Å². The third-order valence-corrected chi connectivity index (χ3v) is 4.24. The highest BCUT2D eigenvalue weighted by atomic mass is 35.5. The highest BCUT2D eigenvalue weighted by Crippen LogP contribution is 2.27. The predicted octanol–water partition coefficient (Wildman–Crippen LogP) is 1.26. The largest absolute Gasteiger partial charge is 0.482 e. The van der Waals surface area contributed by atoms with Gasteiger partial charge in [0.1, 0.15) is 11.0 Å². The molecule has 2 rings (SSSR count). The predicted molar refractivity (Wildman–Crippen MR) is 87.8 cm³/mol. The Morgan fingerprint density at radius 2 is 1.92 bits per heavy atom. The summed E-state index contributed by atoms with van der Waals surface area (Å²) in [5, 5.41) is 1.42. The molecular formula is C13H11Cl2N3O5S. The SMILES string of the molecule is O=C(COc1ccc(Cl)cc1Cl)NNC(=O)C[C@@H]1SC(=O)NC1=O. The fourth-order valence-corrected chi connectivity index (χ4v) is 2.94. The van der Waals surface area contributed by atoms with Crippen LogP contribution in [0, 0.1) is 0 Å². The van der Waals surface area contributed by atoms with E-state index in [9.17, 15) is 19.2 Å². The molecule has 4 amide bonds. The Morgan fingerprint density at radius 1 is 1.21 bits per heavy atom. The van der Waals surface area contributed by atoms with Crippen LogP contribution in [0.2, 0.25) is 10.0 Å². The number of hydrazine groups is 1. The first-order chi connectivity index (χ1) is 11.3. The molecule has 0 aliphatic carbocycles. The van der Waals surface area contributed by atoms with Crippen molar-refractivity contribution in [2.75, 3.05) is 6.61 Å². The molecule has 24 heavy (non-hydrogen) atoms. The molecule has 1 aliphatic heterocycles. The minimum Gasteiger partial charge on any atom is -0.482 e. The second kappa shape index (κ2) is 8.22. The molecular weight excluding hydrogens is 381 g/mol. The molecule has 1 aliphatic rings. The fourth-order valence-electron chi connectivity index (χ4n) is 1.66. The number of carbonyl (C=O) groups is 4. The number of imide groups is 1. The van der Waals surface area contributed by atoms with Gasteiger partial charge in [-0.1, -0.05) is 35.0 Å². The minimum absolute atomic E-state index is 0.244. The number of benzene rings is 1. The van der Waals surface area contributed by atoms with Gasteiger partial charge >= 0.3 is 0 Å². The molecule has 128 valence electrons. The van der Waals surface area contributed by atoms with Gasteiger partial charge in [0.05, 0.1) is 5.02 Å². The first kappa shape index (κ1) is 18.4. The van der Waals surface area contributed by atoms with E-state index in [1.165, 1.54) is 12.1 Å². The maximum atomic E-state index is 11.6. The number of carbonyl (C=O) groups excluding carboxylic acids is 4. The van der Waals surface area contributed by atoms with E-state index in [1.54, 1.807) is 6.07 Å². The third kappa shape index (κ3) is 5.29. The highest BCUT2D eigenvalue weighted by Gasteiger charge is 2.33. The molecule has 1 saturated heterocycles. The van der Waals surface area contributed by atoms with Gasteiger partial charge in [-0.05, 0) is 18.2 Å². The summed E-state index contributed by atoms with van der Waals surface area (Å²) in [5.41, 5.74) is 4.25. The molecule has 0 unspecified atom stereocenters. The number of ether oxygens (including phenoxy) is 1. The van der Waals surface area contributed by atoms with Crippen LogP contribution in [0.3, 0.4) is 0 Å². The molecule has 0 spiro atoms. The van der Waals surface area contributed by atoms with Gasteiger partial charge in [-0.15, -0.1) is 0 Å². The number of nitrogens with one attached hydrogen (secondary N) is 3. The molecule has 1 heterocycles. The van der Waals surface area contributed by atoms with Crippen LogP contribution in [0.15, 0.2) is 18.2 Å². The van der Waals surface area contributed by atoms with Gasteiger partial charge in [-0.25, -0.2) is 0 Å². The summed E-state index contributed by atoms with van der Waals surface area (Å²) < 4.78 is 5.18. The van der Waals surface area contributed by atoms with Crippen LogP contribution in [0.5, 0.6) is 5.75 Å². The van der Waals surface area contributed by atoms with Crippen LogP contribution in [0.25, 0.3) is 0 Å². The van der Waals surface area contributed by atoms with Crippen molar-refractivity contribution in [3.8, 4) is 5.75 Å². The molecule has 0 radical (unpaired) electrons. The Balaban J connectivity index is 1.72. The van der Waals surface area contributed by atoms with Crippen LogP contribution in [-0.4, -0.2) is 34.8 Å². The van der Waals surface area contributed by atoms with Crippen molar-refractivity contribution < 1.29 is 23.9 Å². The van der Waals surface area contributed by atoms with Gasteiger partial charge in [-0.3, -0.25) is 35.3 Å². The second-order valence-electron chi connectivity index (χ2n) is 4.55. The van der Waals surface area contributed by atoms with Crippen molar-refractivity contribution in [2.45, 2.75) is 11.7 Å². The number of hydrogen-bond donors (Lipinski definition) is 3. The Hall–Kier alpha value is -1.97. The van der Waals surface area contributed by atoms with E-state index in [-0.39, 0.29) is 17.2 Å². The van der Waals surface area contributed by atoms with E-state index >= 15 is 0 Å². The quantitative estimate of drug-likeness (QED) is 0.651. The Labute approximate surface area is 150 Å². The van der Waals surface area contributed by atoms with Crippen molar-refractivity contribution in [3.63, 3.8) is 0 Å². The fraction of sp³-hybridized carbons (Fsp3) is 0.231. The Morgan fingerprint density at radius 3 is 2.54 bits per heavy atom. The van der Waals surface area contributed by atoms with Crippen LogP contribution in [0.1, 0.15) is 6.42 Å². The van der Waals surface area contributed by atoms with E-state index < -0.39 is 34.8 Å². The summed E-state index contributed by atoms with van der Waals surface area (Å²) >= 11 is 12.3. The van der Waals surface area contributed by atoms with Crippen LogP contribution >= 0.6 is 35.0 Å². The van der Waals surface area contributed by atoms with Gasteiger partial charge in [-0.2, -0.15) is 0 Å². The first-order valence-corrected chi connectivity index (χ1v) is 8.15. The molecule has 0 aromatic heterocycles. The number of thioether (sulfide) groups is 1. The van der Waals surface area contributed by atoms with Gasteiger partial charge in [0.2, 0.25) is 11.8 Å². The van der Waals surface area contributed by atoms with Gasteiger partial charge in [0.15, 0.2) is 6.61 Å². The lowest BCUT2D eigenvalue weighted by atomic mass is 10.3. The third-order valence-electron chi connectivity index (χ3n) is 2.73. The molecule has 0 saturated carbocycles. The van der Waals surface area contributed by atoms with Crippen LogP contribution < -0.4 is 20.9 Å². The zero-order valence-corrected chi connectivity index (χ0v) is 14.3. The molecule has 1 aromatic rings. The minimum atomic E-state index is -0.807. The van der Waals surface area contributed by atoms with Crippen molar-refractivity contribution >= 4 is 57.9 Å². The van der Waals surface area contributed by atoms with Crippen molar-refractivity contribution in [1.29, 1.82) is 0 Å². The lowest BCUT2D eigenvalue weighted by molar-refractivity contribution is -0.130. The molecule has 8 nitrogen and oxygen atoms in total. The van der Waals surface area contributed by atoms with Gasteiger partial charge in [0.25, 0.3) is 11.1 Å². The van der Waals surface area contributed by atoms with Crippen LogP contribution in [-0.2, 0) is 14.4 Å². The Bertz CT molecular complexity index is 700. The standard InChI is InChI=1S/C13H11Cl2N3O5S/c14-6-1-2-8(7(15)3-6)23-5-11(20)18-17-10(19)4-9-12(21)16-13(22)24-9/h1-3,9H,4-5H2,(H,17,19)(H,18,20)(H,16,21,22)/t9-/m0/s1. The summed E-state index contributed by atoms with van der Waals surface area (Å²) in [5.74, 6) is -1.52. The molecule has 3 N–H and O–H groups in total. The number of rotatable bonds is 5. The molecule has 0 bridgehead atoms. The molecule has 1 atom stereocenters. The van der Waals surface area contributed by atoms with Gasteiger partial charge < -0.3 is 4.74 Å². The summed E-state index contributed by atoms with van der Waals surface area (Å²) in [7, 11) is 0. The summed E-state index contributed by atoms with van der Waals surface area (Å²) in [6.45, 7) is -0.390. The van der Waals surface area contributed by atoms with E-state index in [4.69, 9.17) is 27.9 Å². The second-order valence-corrected chi connectivity index (χ2v) is 6.57. The van der Waals surface area contributed by atoms with E-state index in [1.807, 2.05) is 0 Å². The smallest absolute Gasteiger partial charge is 0.286 e. The van der Waals surface area contributed by atoms with Gasteiger partial charge in [0, 0.05) is 11.4 Å². The highest BCUT2D eigenvalue weighted by molar-refractivity contribution is 8.15. The summed E-state index contributed by atoms with van der Waals surface area (Å²) in [4.78, 5) is 45.5. The van der Waals surface area contributed by atoms with E-state index in [0.717, 1.165) is 11.8 Å². The summed E-state index contributed by atoms with van der Waals surface area (Å²) in [6, 6.07) is 4.52. The van der Waals surface area contributed by atoms with E-state index in [2.05, 4.69) is 16.2 Å². The topological polar surface area (TPSA) is 114 Å². The lowest BCUT2D eigenvalue weighted by Gasteiger charge is -2.10. The molecule has 1 fully saturated rings. The van der Waals surface area contributed by atoms with Crippen molar-refractivity contribution in [3.05, 3.63) is 28.2 Å². The monoisotopic (exact) mass is 391 g/mol. The lowest BCUT2D eigenvalue weighted by Crippen LogP contribution is -2.45. The maximum absolute atomic E-state index is 11.6. The average molecular weight is 392 g/mol. The number of hydrogen-bond acceptors (Lipinski definition) is 6. The van der Waals surface area contributed by atoms with Crippen molar-refractivity contribution in [1.82, 2.24) is 16.2 Å². The molecule has 1 aromatic carbocycles. The Kier molecular flexibility index (Phi) is 6.29. The first-order valence-electron chi connectivity index (χ1n) is 6.52. The zero-order valence-electron chi connectivity index (χ0n) is 11.9. The zero-order chi connectivity index (χ0) is 17.7. The molecule has 11 heteroatoms. The maximum Gasteiger partial charge on any atom is 0.286 e. The van der Waals surface area contributed by atoms with E-state index in [0.29, 0.717) is 5.02 Å². The normalized spacial score (nSPS) is 16.5. The number of halogens is 2. The van der Waals surface area contributed by atoms with Crippen molar-refractivity contribution in [2.24, 2.45) is 0 Å². The number of amides is 4.